The normalized spacial score (nSPS) is 23.6. The monoisotopic (exact) mass is 858 g/mol. The van der Waals surface area contributed by atoms with Crippen molar-refractivity contribution in [1.82, 2.24) is 4.90 Å². The molecule has 7 heteroatoms. The van der Waals surface area contributed by atoms with E-state index in [-0.39, 0.29) is 40.1 Å². The van der Waals surface area contributed by atoms with Crippen molar-refractivity contribution in [1.29, 1.82) is 0 Å². The SMILES string of the molecule is CCCCC(CCCC)CCCCCOC(=O)CCC12CC3CC(CCC(=O)OCCCN(CC)CC)(C1)CC(C(C)C(=O)OCCCCCC(CCCC)CCCC)(C3)C2. The molecule has 4 rings (SSSR count). The fourth-order valence-electron chi connectivity index (χ4n) is 12.9. The van der Waals surface area contributed by atoms with Gasteiger partial charge < -0.3 is 19.1 Å². The van der Waals surface area contributed by atoms with Crippen LogP contribution in [0, 0.1) is 39.9 Å². The topological polar surface area (TPSA) is 82.1 Å². The zero-order valence-corrected chi connectivity index (χ0v) is 41.4. The van der Waals surface area contributed by atoms with Crippen molar-refractivity contribution in [2.75, 3.05) is 39.5 Å². The molecule has 4 aliphatic rings. The van der Waals surface area contributed by atoms with Gasteiger partial charge in [0.15, 0.2) is 0 Å². The average Bonchev–Trinajstić information content (AvgIpc) is 3.25. The average molecular weight is 858 g/mol. The van der Waals surface area contributed by atoms with Crippen LogP contribution in [0.15, 0.2) is 0 Å². The first kappa shape index (κ1) is 53.7. The van der Waals surface area contributed by atoms with Crippen LogP contribution in [-0.2, 0) is 28.6 Å². The van der Waals surface area contributed by atoms with Crippen LogP contribution in [0.3, 0.4) is 0 Å². The van der Waals surface area contributed by atoms with Gasteiger partial charge in [0.25, 0.3) is 0 Å². The summed E-state index contributed by atoms with van der Waals surface area (Å²) in [6, 6.07) is 0. The Morgan fingerprint density at radius 2 is 0.951 bits per heavy atom. The first-order valence-corrected chi connectivity index (χ1v) is 26.7. The zero-order chi connectivity index (χ0) is 44.4. The van der Waals surface area contributed by atoms with Crippen molar-refractivity contribution in [2.24, 2.45) is 39.9 Å². The molecule has 0 heterocycles. The van der Waals surface area contributed by atoms with E-state index in [1.165, 1.54) is 103 Å². The van der Waals surface area contributed by atoms with Crippen LogP contribution in [0.25, 0.3) is 0 Å². The lowest BCUT2D eigenvalue weighted by Gasteiger charge is -2.68. The number of hydrogen-bond acceptors (Lipinski definition) is 7. The fourth-order valence-corrected chi connectivity index (χ4v) is 12.9. The highest BCUT2D eigenvalue weighted by Crippen LogP contribution is 2.73. The quantitative estimate of drug-likeness (QED) is 0.0347. The molecule has 0 spiro atoms. The molecule has 4 aliphatic carbocycles. The molecule has 0 aromatic rings. The molecule has 0 aromatic heterocycles. The minimum Gasteiger partial charge on any atom is -0.466 e. The van der Waals surface area contributed by atoms with E-state index in [2.05, 4.69) is 53.4 Å². The number of ether oxygens (including phenoxy) is 3. The van der Waals surface area contributed by atoms with Gasteiger partial charge in [-0.3, -0.25) is 14.4 Å². The lowest BCUT2D eigenvalue weighted by molar-refractivity contribution is -0.197. The standard InChI is InChI=1S/C54H99NO6/c1-8-14-25-46(26-15-9-2)29-20-18-22-36-59-49(56)31-33-52-39-48-40-53(42-52,34-32-50(57)60-38-24-35-55(12-5)13-6)44-54(41-48,43-52)45(7)51(58)61-37-23-19-21-30-47(27-16-10-3)28-17-11-4/h45-48H,8-44H2,1-7H3. The summed E-state index contributed by atoms with van der Waals surface area (Å²) in [7, 11) is 0. The molecule has 0 N–H and O–H groups in total. The molecule has 61 heavy (non-hydrogen) atoms. The van der Waals surface area contributed by atoms with Crippen molar-refractivity contribution in [3.8, 4) is 0 Å². The molecule has 4 bridgehead atoms. The first-order chi connectivity index (χ1) is 29.5. The number of rotatable bonds is 38. The third kappa shape index (κ3) is 19.2. The molecular weight excluding hydrogens is 759 g/mol. The molecular formula is C54H99NO6. The Balaban J connectivity index is 1.58. The fraction of sp³-hybridized carbons (Fsp3) is 0.944. The molecule has 7 nitrogen and oxygen atoms in total. The van der Waals surface area contributed by atoms with Gasteiger partial charge >= 0.3 is 17.9 Å². The number of esters is 3. The van der Waals surface area contributed by atoms with Gasteiger partial charge in [-0.2, -0.15) is 0 Å². The molecule has 5 atom stereocenters. The summed E-state index contributed by atoms with van der Waals surface area (Å²) < 4.78 is 17.8. The summed E-state index contributed by atoms with van der Waals surface area (Å²) in [6.45, 7) is 20.1. The Morgan fingerprint density at radius 3 is 1.39 bits per heavy atom. The number of hydrogen-bond donors (Lipinski definition) is 0. The van der Waals surface area contributed by atoms with E-state index in [1.807, 2.05) is 0 Å². The van der Waals surface area contributed by atoms with Crippen LogP contribution < -0.4 is 0 Å². The molecule has 0 amide bonds. The van der Waals surface area contributed by atoms with Crippen LogP contribution in [-0.4, -0.2) is 62.3 Å². The second kappa shape index (κ2) is 29.7. The van der Waals surface area contributed by atoms with Gasteiger partial charge in [0.05, 0.1) is 25.7 Å². The summed E-state index contributed by atoms with van der Waals surface area (Å²) in [4.78, 5) is 42.8. The Kier molecular flexibility index (Phi) is 26.2. The smallest absolute Gasteiger partial charge is 0.309 e. The summed E-state index contributed by atoms with van der Waals surface area (Å²) in [5, 5.41) is 0. The highest BCUT2D eigenvalue weighted by Gasteiger charge is 2.65. The van der Waals surface area contributed by atoms with Crippen molar-refractivity contribution in [3.63, 3.8) is 0 Å². The van der Waals surface area contributed by atoms with E-state index in [4.69, 9.17) is 14.2 Å². The predicted octanol–water partition coefficient (Wildman–Crippen LogP) is 14.6. The highest BCUT2D eigenvalue weighted by molar-refractivity contribution is 5.73. The maximum absolute atomic E-state index is 14.0. The summed E-state index contributed by atoms with van der Waals surface area (Å²) >= 11 is 0. The maximum atomic E-state index is 14.0. The lowest BCUT2D eigenvalue weighted by atomic mass is 9.36. The van der Waals surface area contributed by atoms with E-state index < -0.39 is 0 Å². The summed E-state index contributed by atoms with van der Waals surface area (Å²) in [6.07, 6.45) is 34.7. The Bertz CT molecular complexity index is 1190. The van der Waals surface area contributed by atoms with Crippen molar-refractivity contribution in [3.05, 3.63) is 0 Å². The van der Waals surface area contributed by atoms with Crippen LogP contribution >= 0.6 is 0 Å². The van der Waals surface area contributed by atoms with Crippen molar-refractivity contribution >= 4 is 17.9 Å². The Labute approximate surface area is 377 Å². The summed E-state index contributed by atoms with van der Waals surface area (Å²) in [5.74, 6) is 1.83. The largest absolute Gasteiger partial charge is 0.466 e. The van der Waals surface area contributed by atoms with Crippen molar-refractivity contribution in [2.45, 2.75) is 248 Å². The van der Waals surface area contributed by atoms with Crippen LogP contribution in [0.1, 0.15) is 248 Å². The molecule has 0 aliphatic heterocycles. The third-order valence-electron chi connectivity index (χ3n) is 16.0. The van der Waals surface area contributed by atoms with Crippen LogP contribution in [0.2, 0.25) is 0 Å². The minimum atomic E-state index is -0.190. The highest BCUT2D eigenvalue weighted by atomic mass is 16.5. The summed E-state index contributed by atoms with van der Waals surface area (Å²) in [5.41, 5.74) is -0.152. The second-order valence-corrected chi connectivity index (χ2v) is 21.1. The van der Waals surface area contributed by atoms with Gasteiger partial charge in [0, 0.05) is 19.4 Å². The van der Waals surface area contributed by atoms with E-state index in [0.29, 0.717) is 38.6 Å². The molecule has 0 radical (unpaired) electrons. The van der Waals surface area contributed by atoms with E-state index in [1.54, 1.807) is 0 Å². The molecule has 5 unspecified atom stereocenters. The van der Waals surface area contributed by atoms with Crippen LogP contribution in [0.4, 0.5) is 0 Å². The van der Waals surface area contributed by atoms with E-state index >= 15 is 0 Å². The number of carbonyl (C=O) groups excluding carboxylic acids is 3. The third-order valence-corrected chi connectivity index (χ3v) is 16.0. The maximum Gasteiger partial charge on any atom is 0.309 e. The van der Waals surface area contributed by atoms with Gasteiger partial charge in [-0.05, 0) is 118 Å². The predicted molar refractivity (Wildman–Crippen MR) is 253 cm³/mol. The number of unbranched alkanes of at least 4 members (excludes halogenated alkanes) is 8. The number of carbonyl (C=O) groups is 3. The first-order valence-electron chi connectivity index (χ1n) is 26.7. The lowest BCUT2D eigenvalue weighted by Crippen LogP contribution is -2.59. The molecule has 356 valence electrons. The van der Waals surface area contributed by atoms with Gasteiger partial charge in [-0.15, -0.1) is 0 Å². The second-order valence-electron chi connectivity index (χ2n) is 21.1. The van der Waals surface area contributed by atoms with Crippen molar-refractivity contribution < 1.29 is 28.6 Å². The van der Waals surface area contributed by atoms with Gasteiger partial charge in [0.1, 0.15) is 0 Å². The number of nitrogens with zero attached hydrogens (tertiary/aromatic N) is 1. The minimum absolute atomic E-state index is 0.00126. The molecule has 0 aromatic carbocycles. The van der Waals surface area contributed by atoms with Crippen LogP contribution in [0.5, 0.6) is 0 Å². The van der Waals surface area contributed by atoms with Gasteiger partial charge in [-0.25, -0.2) is 0 Å². The molecule has 0 saturated heterocycles. The van der Waals surface area contributed by atoms with E-state index in [9.17, 15) is 14.4 Å². The Morgan fingerprint density at radius 1 is 0.525 bits per heavy atom. The van der Waals surface area contributed by atoms with Gasteiger partial charge in [0.2, 0.25) is 0 Å². The van der Waals surface area contributed by atoms with E-state index in [0.717, 1.165) is 115 Å². The Hall–Kier alpha value is -1.63. The van der Waals surface area contributed by atoms with Gasteiger partial charge in [-0.1, -0.05) is 164 Å². The zero-order valence-electron chi connectivity index (χ0n) is 41.4. The molecule has 4 saturated carbocycles. The molecule has 4 fully saturated rings.